The molecule has 22 heavy (non-hydrogen) atoms. The van der Waals surface area contributed by atoms with E-state index in [1.807, 2.05) is 12.1 Å². The number of nitrogens with zero attached hydrogens (tertiary/aromatic N) is 1. The van der Waals surface area contributed by atoms with Crippen molar-refractivity contribution in [2.75, 3.05) is 17.2 Å². The first-order valence-corrected chi connectivity index (χ1v) is 7.27. The summed E-state index contributed by atoms with van der Waals surface area (Å²) in [4.78, 5) is 21.6. The number of halogens is 2. The summed E-state index contributed by atoms with van der Waals surface area (Å²) < 4.78 is 14.2. The molecule has 0 fully saturated rings. The molecule has 6 nitrogen and oxygen atoms in total. The van der Waals surface area contributed by atoms with Crippen LogP contribution in [0.1, 0.15) is 0 Å². The van der Waals surface area contributed by atoms with E-state index in [2.05, 4.69) is 33.2 Å². The van der Waals surface area contributed by atoms with Gasteiger partial charge in [-0.05, 0) is 52.9 Å². The molecule has 0 bridgehead atoms. The van der Waals surface area contributed by atoms with Crippen molar-refractivity contribution in [2.24, 2.45) is 0 Å². The maximum absolute atomic E-state index is 13.2. The molecule has 8 heteroatoms. The number of amides is 1. The Balaban J connectivity index is 1.96. The van der Waals surface area contributed by atoms with E-state index in [-0.39, 0.29) is 12.5 Å². The van der Waals surface area contributed by atoms with Crippen molar-refractivity contribution in [1.29, 1.82) is 0 Å². The van der Waals surface area contributed by atoms with Crippen molar-refractivity contribution < 1.29 is 14.1 Å². The summed E-state index contributed by atoms with van der Waals surface area (Å²) in [7, 11) is 0. The molecule has 0 saturated carbocycles. The standard InChI is InChI=1S/C14H11FIN3O3/c15-12-5-4-10(7-13(12)19(21)22)17-8-14(20)18-11-3-1-2-9(16)6-11/h1-7,17H,8H2,(H,18,20). The van der Waals surface area contributed by atoms with Crippen LogP contribution in [0.15, 0.2) is 42.5 Å². The predicted molar refractivity (Wildman–Crippen MR) is 89.3 cm³/mol. The van der Waals surface area contributed by atoms with E-state index < -0.39 is 16.4 Å². The van der Waals surface area contributed by atoms with Gasteiger partial charge in [0.1, 0.15) is 0 Å². The minimum Gasteiger partial charge on any atom is -0.376 e. The molecular weight excluding hydrogens is 404 g/mol. The Morgan fingerprint density at radius 2 is 2.00 bits per heavy atom. The molecule has 0 heterocycles. The number of benzene rings is 2. The molecule has 0 aliphatic rings. The molecular formula is C14H11FIN3O3. The number of anilines is 2. The first kappa shape index (κ1) is 16.1. The number of carbonyl (C=O) groups excluding carboxylic acids is 1. The van der Waals surface area contributed by atoms with Gasteiger partial charge in [-0.3, -0.25) is 14.9 Å². The molecule has 0 aliphatic carbocycles. The van der Waals surface area contributed by atoms with Gasteiger partial charge >= 0.3 is 5.69 Å². The van der Waals surface area contributed by atoms with Crippen molar-refractivity contribution in [3.8, 4) is 0 Å². The lowest BCUT2D eigenvalue weighted by Gasteiger charge is -2.08. The van der Waals surface area contributed by atoms with Gasteiger partial charge in [0.15, 0.2) is 0 Å². The normalized spacial score (nSPS) is 10.1. The number of nitro benzene ring substituents is 1. The van der Waals surface area contributed by atoms with Crippen molar-refractivity contribution in [3.63, 3.8) is 0 Å². The molecule has 114 valence electrons. The highest BCUT2D eigenvalue weighted by molar-refractivity contribution is 14.1. The summed E-state index contributed by atoms with van der Waals surface area (Å²) in [6, 6.07) is 10.6. The van der Waals surface area contributed by atoms with E-state index in [1.54, 1.807) is 12.1 Å². The molecule has 2 aromatic rings. The second-order valence-corrected chi connectivity index (χ2v) is 5.58. The topological polar surface area (TPSA) is 84.3 Å². The maximum atomic E-state index is 13.2. The van der Waals surface area contributed by atoms with Crippen LogP contribution in [-0.4, -0.2) is 17.4 Å². The fourth-order valence-corrected chi connectivity index (χ4v) is 2.26. The highest BCUT2D eigenvalue weighted by Gasteiger charge is 2.14. The fourth-order valence-electron chi connectivity index (χ4n) is 1.72. The Morgan fingerprint density at radius 1 is 1.23 bits per heavy atom. The van der Waals surface area contributed by atoms with Crippen molar-refractivity contribution >= 4 is 45.6 Å². The number of nitro groups is 1. The van der Waals surface area contributed by atoms with Crippen molar-refractivity contribution in [3.05, 3.63) is 62.0 Å². The molecule has 0 spiro atoms. The zero-order chi connectivity index (χ0) is 16.1. The molecule has 2 N–H and O–H groups in total. The summed E-state index contributed by atoms with van der Waals surface area (Å²) >= 11 is 2.13. The number of hydrogen-bond donors (Lipinski definition) is 2. The van der Waals surface area contributed by atoms with Crippen molar-refractivity contribution in [2.45, 2.75) is 0 Å². The second-order valence-electron chi connectivity index (χ2n) is 4.34. The Bertz CT molecular complexity index is 724. The minimum absolute atomic E-state index is 0.0890. The van der Waals surface area contributed by atoms with Crippen molar-refractivity contribution in [1.82, 2.24) is 0 Å². The van der Waals surface area contributed by atoms with E-state index >= 15 is 0 Å². The summed E-state index contributed by atoms with van der Waals surface area (Å²) in [5.74, 6) is -1.23. The molecule has 0 unspecified atom stereocenters. The van der Waals surface area contributed by atoms with E-state index in [0.717, 1.165) is 15.7 Å². The van der Waals surface area contributed by atoms with Crippen LogP contribution < -0.4 is 10.6 Å². The number of rotatable bonds is 5. The van der Waals surface area contributed by atoms with Crippen LogP contribution in [0.3, 0.4) is 0 Å². The minimum atomic E-state index is -0.918. The zero-order valence-electron chi connectivity index (χ0n) is 11.2. The van der Waals surface area contributed by atoms with E-state index in [4.69, 9.17) is 0 Å². The first-order valence-electron chi connectivity index (χ1n) is 6.19. The summed E-state index contributed by atoms with van der Waals surface area (Å²) in [5, 5.41) is 16.0. The van der Waals surface area contributed by atoms with Gasteiger partial charge in [-0.25, -0.2) is 0 Å². The SMILES string of the molecule is O=C(CNc1ccc(F)c([N+](=O)[O-])c1)Nc1cccc(I)c1. The predicted octanol–water partition coefficient (Wildman–Crippen LogP) is 3.39. The highest BCUT2D eigenvalue weighted by Crippen LogP contribution is 2.21. The van der Waals surface area contributed by atoms with Gasteiger partial charge in [-0.15, -0.1) is 0 Å². The van der Waals surface area contributed by atoms with E-state index in [9.17, 15) is 19.3 Å². The first-order chi connectivity index (χ1) is 10.5. The van der Waals surface area contributed by atoms with Crippen LogP contribution in [0.25, 0.3) is 0 Å². The third-order valence-electron chi connectivity index (χ3n) is 2.70. The summed E-state index contributed by atoms with van der Waals surface area (Å²) in [5.41, 5.74) is 0.317. The maximum Gasteiger partial charge on any atom is 0.306 e. The summed E-state index contributed by atoms with van der Waals surface area (Å²) in [6.07, 6.45) is 0. The Kier molecular flexibility index (Phi) is 5.26. The van der Waals surface area contributed by atoms with Gasteiger partial charge in [0.25, 0.3) is 0 Å². The lowest BCUT2D eigenvalue weighted by atomic mass is 10.2. The third-order valence-corrected chi connectivity index (χ3v) is 3.38. The second kappa shape index (κ2) is 7.16. The largest absolute Gasteiger partial charge is 0.376 e. The van der Waals surface area contributed by atoms with Gasteiger partial charge in [0, 0.05) is 21.0 Å². The van der Waals surface area contributed by atoms with Crippen LogP contribution in [0, 0.1) is 19.5 Å². The van der Waals surface area contributed by atoms with Crippen LogP contribution >= 0.6 is 22.6 Å². The molecule has 0 aromatic heterocycles. The monoisotopic (exact) mass is 415 g/mol. The highest BCUT2D eigenvalue weighted by atomic mass is 127. The van der Waals surface area contributed by atoms with Crippen LogP contribution in [-0.2, 0) is 4.79 Å². The van der Waals surface area contributed by atoms with Gasteiger partial charge in [-0.1, -0.05) is 6.07 Å². The number of carbonyl (C=O) groups is 1. The lowest BCUT2D eigenvalue weighted by Crippen LogP contribution is -2.21. The fraction of sp³-hybridized carbons (Fsp3) is 0.0714. The van der Waals surface area contributed by atoms with E-state index in [1.165, 1.54) is 6.07 Å². The third kappa shape index (κ3) is 4.38. The van der Waals surface area contributed by atoms with Gasteiger partial charge in [-0.2, -0.15) is 4.39 Å². The molecule has 0 saturated heterocycles. The molecule has 1 amide bonds. The number of nitrogens with one attached hydrogen (secondary N) is 2. The number of hydrogen-bond acceptors (Lipinski definition) is 4. The molecule has 0 atom stereocenters. The quantitative estimate of drug-likeness (QED) is 0.446. The lowest BCUT2D eigenvalue weighted by molar-refractivity contribution is -0.387. The average molecular weight is 415 g/mol. The van der Waals surface area contributed by atoms with Crippen LogP contribution in [0.5, 0.6) is 0 Å². The molecule has 2 rings (SSSR count). The van der Waals surface area contributed by atoms with E-state index in [0.29, 0.717) is 11.4 Å². The van der Waals surface area contributed by atoms with Crippen LogP contribution in [0.2, 0.25) is 0 Å². The Hall–Kier alpha value is -2.23. The van der Waals surface area contributed by atoms with Gasteiger partial charge in [0.2, 0.25) is 11.7 Å². The van der Waals surface area contributed by atoms with Gasteiger partial charge in [0.05, 0.1) is 11.5 Å². The Labute approximate surface area is 139 Å². The molecule has 0 radical (unpaired) electrons. The molecule has 2 aromatic carbocycles. The van der Waals surface area contributed by atoms with Gasteiger partial charge < -0.3 is 10.6 Å². The zero-order valence-corrected chi connectivity index (χ0v) is 13.3. The van der Waals surface area contributed by atoms with Crippen LogP contribution in [0.4, 0.5) is 21.5 Å². The summed E-state index contributed by atoms with van der Waals surface area (Å²) in [6.45, 7) is -0.0890. The average Bonchev–Trinajstić information content (AvgIpc) is 2.46. The molecule has 0 aliphatic heterocycles. The smallest absolute Gasteiger partial charge is 0.306 e. The Morgan fingerprint density at radius 3 is 2.68 bits per heavy atom.